The van der Waals surface area contributed by atoms with Crippen molar-refractivity contribution in [2.45, 2.75) is 19.8 Å². The summed E-state index contributed by atoms with van der Waals surface area (Å²) in [5, 5.41) is 8.55. The van der Waals surface area contributed by atoms with Gasteiger partial charge in [0.2, 0.25) is 0 Å². The molecule has 0 aromatic carbocycles. The third-order valence-corrected chi connectivity index (χ3v) is 1.85. The molecule has 1 aromatic rings. The molecule has 70 valence electrons. The highest BCUT2D eigenvalue weighted by Gasteiger charge is 2.05. The summed E-state index contributed by atoms with van der Waals surface area (Å²) in [5.74, 6) is -0.882. The van der Waals surface area contributed by atoms with Gasteiger partial charge in [0.25, 0.3) is 0 Å². The molecule has 0 saturated heterocycles. The second-order valence-corrected chi connectivity index (χ2v) is 3.25. The molecule has 0 atom stereocenters. The van der Waals surface area contributed by atoms with Crippen molar-refractivity contribution in [2.75, 3.05) is 0 Å². The number of aromatic nitrogens is 2. The summed E-state index contributed by atoms with van der Waals surface area (Å²) in [6, 6.07) is 1.71. The minimum Gasteiger partial charge on any atom is -0.481 e. The number of aliphatic carboxylic acids is 1. The van der Waals surface area contributed by atoms with E-state index in [9.17, 15) is 4.79 Å². The smallest absolute Gasteiger partial charge is 0.309 e. The van der Waals surface area contributed by atoms with Gasteiger partial charge in [0, 0.05) is 5.69 Å². The molecule has 0 aliphatic carbocycles. The number of aryl methyl sites for hydroxylation is 1. The molecule has 0 unspecified atom stereocenters. The topological polar surface area (TPSA) is 63.1 Å². The summed E-state index contributed by atoms with van der Waals surface area (Å²) < 4.78 is 0.447. The zero-order valence-electron chi connectivity index (χ0n) is 7.12. The van der Waals surface area contributed by atoms with Crippen LogP contribution in [0.4, 0.5) is 0 Å². The fourth-order valence-electron chi connectivity index (χ4n) is 0.945. The van der Waals surface area contributed by atoms with E-state index in [-0.39, 0.29) is 6.42 Å². The predicted molar refractivity (Wildman–Crippen MR) is 50.4 cm³/mol. The highest BCUT2D eigenvalue weighted by molar-refractivity contribution is 9.10. The van der Waals surface area contributed by atoms with E-state index in [0.717, 1.165) is 12.1 Å². The molecule has 1 heterocycles. The quantitative estimate of drug-likeness (QED) is 0.818. The van der Waals surface area contributed by atoms with Crippen LogP contribution in [0.25, 0.3) is 0 Å². The maximum absolute atomic E-state index is 10.4. The minimum atomic E-state index is -0.882. The van der Waals surface area contributed by atoms with Crippen molar-refractivity contribution in [3.63, 3.8) is 0 Å². The molecular formula is C8H9BrN2O2. The Balaban J connectivity index is 2.94. The molecule has 4 nitrogen and oxygen atoms in total. The Hall–Kier alpha value is -0.970. The van der Waals surface area contributed by atoms with Crippen molar-refractivity contribution in [1.82, 2.24) is 9.97 Å². The van der Waals surface area contributed by atoms with Gasteiger partial charge >= 0.3 is 5.97 Å². The molecule has 0 bridgehead atoms. The normalized spacial score (nSPS) is 10.0. The predicted octanol–water partition coefficient (Wildman–Crippen LogP) is 1.43. The molecule has 0 fully saturated rings. The Morgan fingerprint density at radius 2 is 2.15 bits per heavy atom. The standard InChI is InChI=1S/C8H9BrN2O2/c1-2-5-3-6(4-7(12)13)11-8(9)10-5/h3H,2,4H2,1H3,(H,12,13). The van der Waals surface area contributed by atoms with Crippen LogP contribution in [0.15, 0.2) is 10.8 Å². The van der Waals surface area contributed by atoms with Gasteiger partial charge in [-0.15, -0.1) is 0 Å². The number of carboxylic acids is 1. The Morgan fingerprint density at radius 1 is 1.54 bits per heavy atom. The monoisotopic (exact) mass is 244 g/mol. The molecular weight excluding hydrogens is 236 g/mol. The number of halogens is 1. The van der Waals surface area contributed by atoms with Crippen molar-refractivity contribution in [2.24, 2.45) is 0 Å². The molecule has 0 amide bonds. The number of carbonyl (C=O) groups is 1. The molecule has 0 aliphatic heterocycles. The molecule has 0 aliphatic rings. The third-order valence-electron chi connectivity index (χ3n) is 1.50. The summed E-state index contributed by atoms with van der Waals surface area (Å²) in [4.78, 5) is 18.4. The first-order chi connectivity index (χ1) is 6.11. The van der Waals surface area contributed by atoms with E-state index in [1.165, 1.54) is 0 Å². The van der Waals surface area contributed by atoms with Crippen molar-refractivity contribution in [3.8, 4) is 0 Å². The van der Waals surface area contributed by atoms with Crippen LogP contribution in [0, 0.1) is 0 Å². The van der Waals surface area contributed by atoms with Crippen LogP contribution < -0.4 is 0 Å². The summed E-state index contributed by atoms with van der Waals surface area (Å²) in [5.41, 5.74) is 1.38. The molecule has 13 heavy (non-hydrogen) atoms. The molecule has 0 radical (unpaired) electrons. The van der Waals surface area contributed by atoms with Gasteiger partial charge in [-0.05, 0) is 28.4 Å². The van der Waals surface area contributed by atoms with Gasteiger partial charge in [0.1, 0.15) is 0 Å². The molecule has 0 saturated carbocycles. The fourth-order valence-corrected chi connectivity index (χ4v) is 1.40. The first-order valence-electron chi connectivity index (χ1n) is 3.86. The van der Waals surface area contributed by atoms with Gasteiger partial charge in [0.05, 0.1) is 12.1 Å². The van der Waals surface area contributed by atoms with Gasteiger partial charge in [-0.1, -0.05) is 6.92 Å². The van der Waals surface area contributed by atoms with E-state index in [1.54, 1.807) is 6.07 Å². The van der Waals surface area contributed by atoms with Crippen LogP contribution in [-0.2, 0) is 17.6 Å². The lowest BCUT2D eigenvalue weighted by molar-refractivity contribution is -0.136. The van der Waals surface area contributed by atoms with Crippen molar-refractivity contribution < 1.29 is 9.90 Å². The van der Waals surface area contributed by atoms with Gasteiger partial charge in [-0.3, -0.25) is 4.79 Å². The van der Waals surface area contributed by atoms with Crippen LogP contribution >= 0.6 is 15.9 Å². The van der Waals surface area contributed by atoms with E-state index in [2.05, 4.69) is 25.9 Å². The summed E-state index contributed by atoms with van der Waals surface area (Å²) >= 11 is 3.13. The van der Waals surface area contributed by atoms with Gasteiger partial charge in [0.15, 0.2) is 4.73 Å². The highest BCUT2D eigenvalue weighted by Crippen LogP contribution is 2.08. The second-order valence-electron chi connectivity index (χ2n) is 2.54. The van der Waals surface area contributed by atoms with E-state index >= 15 is 0 Å². The van der Waals surface area contributed by atoms with Crippen molar-refractivity contribution in [1.29, 1.82) is 0 Å². The van der Waals surface area contributed by atoms with Crippen LogP contribution in [0.3, 0.4) is 0 Å². The SMILES string of the molecule is CCc1cc(CC(=O)O)nc(Br)n1. The lowest BCUT2D eigenvalue weighted by Crippen LogP contribution is -2.04. The Morgan fingerprint density at radius 3 is 2.69 bits per heavy atom. The third kappa shape index (κ3) is 3.10. The van der Waals surface area contributed by atoms with Crippen LogP contribution in [0.1, 0.15) is 18.3 Å². The van der Waals surface area contributed by atoms with Crippen LogP contribution in [0.5, 0.6) is 0 Å². The van der Waals surface area contributed by atoms with Crippen LogP contribution in [0.2, 0.25) is 0 Å². The number of nitrogens with zero attached hydrogens (tertiary/aromatic N) is 2. The zero-order valence-corrected chi connectivity index (χ0v) is 8.71. The fraction of sp³-hybridized carbons (Fsp3) is 0.375. The minimum absolute atomic E-state index is 0.0614. The van der Waals surface area contributed by atoms with Gasteiger partial charge < -0.3 is 5.11 Å². The Bertz CT molecular complexity index is 328. The molecule has 1 aromatic heterocycles. The highest BCUT2D eigenvalue weighted by atomic mass is 79.9. The zero-order chi connectivity index (χ0) is 9.84. The number of hydrogen-bond acceptors (Lipinski definition) is 3. The lowest BCUT2D eigenvalue weighted by Gasteiger charge is -2.00. The second kappa shape index (κ2) is 4.32. The molecule has 5 heteroatoms. The van der Waals surface area contributed by atoms with Gasteiger partial charge in [-0.25, -0.2) is 9.97 Å². The summed E-state index contributed by atoms with van der Waals surface area (Å²) in [6.45, 7) is 1.96. The molecule has 1 rings (SSSR count). The van der Waals surface area contributed by atoms with E-state index in [4.69, 9.17) is 5.11 Å². The van der Waals surface area contributed by atoms with Crippen LogP contribution in [-0.4, -0.2) is 21.0 Å². The molecule has 1 N–H and O–H groups in total. The van der Waals surface area contributed by atoms with E-state index in [0.29, 0.717) is 10.4 Å². The Kier molecular flexibility index (Phi) is 3.36. The maximum atomic E-state index is 10.4. The van der Waals surface area contributed by atoms with Gasteiger partial charge in [-0.2, -0.15) is 0 Å². The number of carboxylic acid groups (broad SMARTS) is 1. The largest absolute Gasteiger partial charge is 0.481 e. The maximum Gasteiger partial charge on any atom is 0.309 e. The first-order valence-corrected chi connectivity index (χ1v) is 4.65. The van der Waals surface area contributed by atoms with E-state index in [1.807, 2.05) is 6.92 Å². The summed E-state index contributed by atoms with van der Waals surface area (Å²) in [7, 11) is 0. The Labute approximate surface area is 84.2 Å². The lowest BCUT2D eigenvalue weighted by atomic mass is 10.2. The average Bonchev–Trinajstić information content (AvgIpc) is 2.01. The number of rotatable bonds is 3. The first kappa shape index (κ1) is 10.1. The van der Waals surface area contributed by atoms with E-state index < -0.39 is 5.97 Å². The summed E-state index contributed by atoms with van der Waals surface area (Å²) in [6.07, 6.45) is 0.710. The molecule has 0 spiro atoms. The van der Waals surface area contributed by atoms with Crippen molar-refractivity contribution >= 4 is 21.9 Å². The number of hydrogen-bond donors (Lipinski definition) is 1. The average molecular weight is 245 g/mol. The van der Waals surface area contributed by atoms with Crippen molar-refractivity contribution in [3.05, 3.63) is 22.2 Å².